The lowest BCUT2D eigenvalue weighted by molar-refractivity contribution is 0.391. The normalized spacial score (nSPS) is 12.1. The van der Waals surface area contributed by atoms with Crippen LogP contribution in [0.5, 0.6) is 11.5 Å². The zero-order chi connectivity index (χ0) is 14.7. The molecule has 2 aromatic rings. The van der Waals surface area contributed by atoms with Gasteiger partial charge in [-0.05, 0) is 36.2 Å². The molecule has 0 aromatic heterocycles. The average molecular weight is 400 g/mol. The standard InChI is InChI=1S/C16H16Br2O2/c1-10-4-5-11(17)8-14(10)16(18)13-7-6-12(19-2)9-15(13)20-3/h4-9,16H,1-3H3. The van der Waals surface area contributed by atoms with E-state index in [0.29, 0.717) is 0 Å². The average Bonchev–Trinajstić information content (AvgIpc) is 2.48. The Bertz CT molecular complexity index is 611. The molecule has 2 nitrogen and oxygen atoms in total. The van der Waals surface area contributed by atoms with Crippen molar-refractivity contribution >= 4 is 31.9 Å². The van der Waals surface area contributed by atoms with Gasteiger partial charge < -0.3 is 9.47 Å². The van der Waals surface area contributed by atoms with Gasteiger partial charge in [-0.2, -0.15) is 0 Å². The molecule has 0 amide bonds. The molecule has 0 N–H and O–H groups in total. The maximum atomic E-state index is 5.48. The van der Waals surface area contributed by atoms with Gasteiger partial charge >= 0.3 is 0 Å². The molecule has 20 heavy (non-hydrogen) atoms. The van der Waals surface area contributed by atoms with Gasteiger partial charge in [-0.3, -0.25) is 0 Å². The lowest BCUT2D eigenvalue weighted by atomic mass is 9.99. The van der Waals surface area contributed by atoms with E-state index in [1.165, 1.54) is 11.1 Å². The topological polar surface area (TPSA) is 18.5 Å². The largest absolute Gasteiger partial charge is 0.497 e. The summed E-state index contributed by atoms with van der Waals surface area (Å²) < 4.78 is 11.8. The highest BCUT2D eigenvalue weighted by Crippen LogP contribution is 2.40. The Morgan fingerprint density at radius 3 is 2.35 bits per heavy atom. The Labute approximate surface area is 136 Å². The maximum absolute atomic E-state index is 5.48. The molecule has 0 aliphatic heterocycles. The van der Waals surface area contributed by atoms with E-state index < -0.39 is 0 Å². The third-order valence-corrected chi connectivity index (χ3v) is 4.71. The molecular formula is C16H16Br2O2. The van der Waals surface area contributed by atoms with Crippen LogP contribution in [-0.4, -0.2) is 14.2 Å². The van der Waals surface area contributed by atoms with Crippen molar-refractivity contribution in [1.29, 1.82) is 0 Å². The highest BCUT2D eigenvalue weighted by Gasteiger charge is 2.18. The fourth-order valence-corrected chi connectivity index (χ4v) is 3.33. The first-order valence-electron chi connectivity index (χ1n) is 6.19. The van der Waals surface area contributed by atoms with Crippen LogP contribution in [0.1, 0.15) is 21.5 Å². The van der Waals surface area contributed by atoms with Crippen molar-refractivity contribution in [2.45, 2.75) is 11.8 Å². The fraction of sp³-hybridized carbons (Fsp3) is 0.250. The molecule has 0 radical (unpaired) electrons. The van der Waals surface area contributed by atoms with Crippen molar-refractivity contribution in [3.63, 3.8) is 0 Å². The molecule has 4 heteroatoms. The van der Waals surface area contributed by atoms with E-state index in [-0.39, 0.29) is 4.83 Å². The van der Waals surface area contributed by atoms with Crippen molar-refractivity contribution in [1.82, 2.24) is 0 Å². The first kappa shape index (κ1) is 15.4. The maximum Gasteiger partial charge on any atom is 0.127 e. The number of aryl methyl sites for hydroxylation is 1. The summed E-state index contributed by atoms with van der Waals surface area (Å²) in [5.74, 6) is 1.60. The SMILES string of the molecule is COc1ccc(C(Br)c2cc(Br)ccc2C)c(OC)c1. The quantitative estimate of drug-likeness (QED) is 0.653. The third kappa shape index (κ3) is 3.18. The summed E-state index contributed by atoms with van der Waals surface area (Å²) in [7, 11) is 3.32. The zero-order valence-corrected chi connectivity index (χ0v) is 14.8. The first-order valence-corrected chi connectivity index (χ1v) is 7.89. The van der Waals surface area contributed by atoms with Crippen LogP contribution in [0.25, 0.3) is 0 Å². The van der Waals surface area contributed by atoms with Crippen molar-refractivity contribution in [3.8, 4) is 11.5 Å². The summed E-state index contributed by atoms with van der Waals surface area (Å²) in [4.78, 5) is 0.0702. The Morgan fingerprint density at radius 1 is 0.950 bits per heavy atom. The zero-order valence-electron chi connectivity index (χ0n) is 11.6. The van der Waals surface area contributed by atoms with Crippen LogP contribution in [-0.2, 0) is 0 Å². The van der Waals surface area contributed by atoms with E-state index >= 15 is 0 Å². The molecular weight excluding hydrogens is 384 g/mol. The number of benzene rings is 2. The minimum Gasteiger partial charge on any atom is -0.497 e. The van der Waals surface area contributed by atoms with Crippen LogP contribution in [0.15, 0.2) is 40.9 Å². The smallest absolute Gasteiger partial charge is 0.127 e. The second-order valence-corrected chi connectivity index (χ2v) is 6.30. The molecule has 0 bridgehead atoms. The van der Waals surface area contributed by atoms with Crippen molar-refractivity contribution < 1.29 is 9.47 Å². The van der Waals surface area contributed by atoms with Gasteiger partial charge in [0.05, 0.1) is 19.0 Å². The second-order valence-electron chi connectivity index (χ2n) is 4.47. The molecule has 0 aliphatic rings. The van der Waals surface area contributed by atoms with Gasteiger partial charge in [-0.15, -0.1) is 0 Å². The van der Waals surface area contributed by atoms with Crippen LogP contribution in [0.4, 0.5) is 0 Å². The van der Waals surface area contributed by atoms with Crippen LogP contribution in [0.3, 0.4) is 0 Å². The Hall–Kier alpha value is -1.00. The monoisotopic (exact) mass is 398 g/mol. The van der Waals surface area contributed by atoms with E-state index in [0.717, 1.165) is 21.5 Å². The number of methoxy groups -OCH3 is 2. The summed E-state index contributed by atoms with van der Waals surface area (Å²) in [5, 5.41) is 0. The van der Waals surface area contributed by atoms with Crippen LogP contribution < -0.4 is 9.47 Å². The molecule has 0 spiro atoms. The molecule has 0 saturated carbocycles. The van der Waals surface area contributed by atoms with Crippen molar-refractivity contribution in [3.05, 3.63) is 57.6 Å². The Morgan fingerprint density at radius 2 is 1.70 bits per heavy atom. The van der Waals surface area contributed by atoms with E-state index in [2.05, 4.69) is 50.9 Å². The minimum atomic E-state index is 0.0702. The van der Waals surface area contributed by atoms with E-state index in [4.69, 9.17) is 9.47 Å². The molecule has 2 rings (SSSR count). The number of alkyl halides is 1. The number of hydrogen-bond donors (Lipinski definition) is 0. The summed E-state index contributed by atoms with van der Waals surface area (Å²) in [6.45, 7) is 2.10. The molecule has 0 fully saturated rings. The number of hydrogen-bond acceptors (Lipinski definition) is 2. The lowest BCUT2D eigenvalue weighted by Crippen LogP contribution is -2.00. The van der Waals surface area contributed by atoms with E-state index in [9.17, 15) is 0 Å². The number of rotatable bonds is 4. The van der Waals surface area contributed by atoms with Crippen LogP contribution >= 0.6 is 31.9 Å². The molecule has 106 valence electrons. The predicted molar refractivity (Wildman–Crippen MR) is 89.2 cm³/mol. The molecule has 2 aromatic carbocycles. The minimum absolute atomic E-state index is 0.0702. The Kier molecular flexibility index (Phi) is 5.11. The van der Waals surface area contributed by atoms with E-state index in [1.54, 1.807) is 14.2 Å². The summed E-state index contributed by atoms with van der Waals surface area (Å²) >= 11 is 7.30. The molecule has 0 saturated heterocycles. The summed E-state index contributed by atoms with van der Waals surface area (Å²) in [5.41, 5.74) is 3.52. The lowest BCUT2D eigenvalue weighted by Gasteiger charge is -2.17. The number of ether oxygens (including phenoxy) is 2. The molecule has 1 atom stereocenters. The van der Waals surface area contributed by atoms with Crippen molar-refractivity contribution in [2.24, 2.45) is 0 Å². The molecule has 0 aliphatic carbocycles. The second kappa shape index (κ2) is 6.64. The van der Waals surface area contributed by atoms with Gasteiger partial charge in [0, 0.05) is 16.1 Å². The van der Waals surface area contributed by atoms with Crippen LogP contribution in [0, 0.1) is 6.92 Å². The number of halogens is 2. The predicted octanol–water partition coefficient (Wildman–Crippen LogP) is 5.26. The first-order chi connectivity index (χ1) is 9.56. The highest BCUT2D eigenvalue weighted by molar-refractivity contribution is 9.10. The Balaban J connectivity index is 2.47. The molecule has 0 heterocycles. The molecule has 1 unspecified atom stereocenters. The third-order valence-electron chi connectivity index (χ3n) is 3.23. The summed E-state index contributed by atoms with van der Waals surface area (Å²) in [6, 6.07) is 12.1. The van der Waals surface area contributed by atoms with Gasteiger partial charge in [0.25, 0.3) is 0 Å². The van der Waals surface area contributed by atoms with Crippen LogP contribution in [0.2, 0.25) is 0 Å². The van der Waals surface area contributed by atoms with Gasteiger partial charge in [0.2, 0.25) is 0 Å². The van der Waals surface area contributed by atoms with E-state index in [1.807, 2.05) is 24.3 Å². The van der Waals surface area contributed by atoms with Gasteiger partial charge in [0.15, 0.2) is 0 Å². The summed E-state index contributed by atoms with van der Waals surface area (Å²) in [6.07, 6.45) is 0. The van der Waals surface area contributed by atoms with Gasteiger partial charge in [-0.25, -0.2) is 0 Å². The van der Waals surface area contributed by atoms with Crippen molar-refractivity contribution in [2.75, 3.05) is 14.2 Å². The van der Waals surface area contributed by atoms with Gasteiger partial charge in [0.1, 0.15) is 11.5 Å². The van der Waals surface area contributed by atoms with Gasteiger partial charge in [-0.1, -0.05) is 44.0 Å². The fourth-order valence-electron chi connectivity index (χ4n) is 2.08. The highest BCUT2D eigenvalue weighted by atomic mass is 79.9.